The van der Waals surface area contributed by atoms with Gasteiger partial charge in [-0.15, -0.1) is 5.10 Å². The van der Waals surface area contributed by atoms with Crippen LogP contribution in [-0.4, -0.2) is 40.0 Å². The molecule has 0 radical (unpaired) electrons. The number of aromatic nitrogens is 2. The van der Waals surface area contributed by atoms with Gasteiger partial charge in [-0.1, -0.05) is 4.49 Å². The molecule has 1 aliphatic heterocycles. The van der Waals surface area contributed by atoms with Gasteiger partial charge in [0.15, 0.2) is 0 Å². The highest BCUT2D eigenvalue weighted by Crippen LogP contribution is 2.17. The van der Waals surface area contributed by atoms with Gasteiger partial charge in [0.1, 0.15) is 10.7 Å². The smallest absolute Gasteiger partial charge is 0.234 e. The van der Waals surface area contributed by atoms with Gasteiger partial charge >= 0.3 is 0 Å². The maximum absolute atomic E-state index is 11.3. The Hall–Kier alpha value is -1.25. The Morgan fingerprint density at radius 2 is 2.50 bits per heavy atom. The minimum absolute atomic E-state index is 0.0583. The van der Waals surface area contributed by atoms with Gasteiger partial charge in [0.25, 0.3) is 0 Å². The molecule has 0 aliphatic carbocycles. The molecule has 16 heavy (non-hydrogen) atoms. The molecule has 4 N–H and O–H groups in total. The van der Waals surface area contributed by atoms with Crippen LogP contribution >= 0.6 is 11.5 Å². The third kappa shape index (κ3) is 2.65. The Morgan fingerprint density at radius 1 is 1.62 bits per heavy atom. The lowest BCUT2D eigenvalue weighted by Crippen LogP contribution is -2.33. The lowest BCUT2D eigenvalue weighted by molar-refractivity contribution is -0.121. The molecule has 1 aromatic heterocycles. The average molecular weight is 242 g/mol. The van der Waals surface area contributed by atoms with Gasteiger partial charge < -0.3 is 10.7 Å². The van der Waals surface area contributed by atoms with E-state index in [0.29, 0.717) is 13.1 Å². The van der Waals surface area contributed by atoms with Crippen LogP contribution in [0.1, 0.15) is 12.1 Å². The molecule has 0 aromatic carbocycles. The van der Waals surface area contributed by atoms with Crippen molar-refractivity contribution in [3.8, 4) is 0 Å². The molecule has 0 unspecified atom stereocenters. The average Bonchev–Trinajstić information content (AvgIpc) is 2.61. The number of nitrogen functional groups attached to an aromatic ring is 1. The summed E-state index contributed by atoms with van der Waals surface area (Å²) in [6.45, 7) is 2.62. The maximum atomic E-state index is 11.3. The van der Waals surface area contributed by atoms with Crippen LogP contribution in [0.25, 0.3) is 0 Å². The van der Waals surface area contributed by atoms with Crippen LogP contribution in [0.5, 0.6) is 0 Å². The molecule has 2 heterocycles. The van der Waals surface area contributed by atoms with E-state index in [1.54, 1.807) is 0 Å². The molecule has 0 spiro atoms. The zero-order valence-corrected chi connectivity index (χ0v) is 9.59. The van der Waals surface area contributed by atoms with Crippen LogP contribution in [-0.2, 0) is 11.3 Å². The van der Waals surface area contributed by atoms with E-state index in [-0.39, 0.29) is 5.91 Å². The molecule has 1 aliphatic rings. The molecule has 0 bridgehead atoms. The van der Waals surface area contributed by atoms with Gasteiger partial charge in [-0.3, -0.25) is 9.69 Å². The normalized spacial score (nSPS) is 17.9. The summed E-state index contributed by atoms with van der Waals surface area (Å²) in [4.78, 5) is 13.4. The summed E-state index contributed by atoms with van der Waals surface area (Å²) in [5.74, 6) is 5.40. The highest BCUT2D eigenvalue weighted by molar-refractivity contribution is 7.10. The summed E-state index contributed by atoms with van der Waals surface area (Å²) in [5, 5.41) is 7.57. The van der Waals surface area contributed by atoms with Crippen molar-refractivity contribution in [2.24, 2.45) is 5.84 Å². The number of nitrogens with one attached hydrogen (secondary N) is 2. The minimum atomic E-state index is 0.0583. The van der Waals surface area contributed by atoms with Gasteiger partial charge in [0.05, 0.1) is 6.54 Å². The number of rotatable bonds is 3. The van der Waals surface area contributed by atoms with Crippen LogP contribution in [0.3, 0.4) is 0 Å². The van der Waals surface area contributed by atoms with E-state index in [2.05, 4.69) is 20.3 Å². The van der Waals surface area contributed by atoms with Crippen LogP contribution in [0.15, 0.2) is 0 Å². The largest absolute Gasteiger partial charge is 0.355 e. The summed E-state index contributed by atoms with van der Waals surface area (Å²) in [7, 11) is 0. The Kier molecular flexibility index (Phi) is 3.65. The fourth-order valence-corrected chi connectivity index (χ4v) is 2.12. The second-order valence-corrected chi connectivity index (χ2v) is 4.36. The molecule has 1 aromatic rings. The molecule has 7 nitrogen and oxygen atoms in total. The highest BCUT2D eigenvalue weighted by Gasteiger charge is 2.17. The zero-order valence-electron chi connectivity index (χ0n) is 8.77. The van der Waals surface area contributed by atoms with E-state index in [4.69, 9.17) is 5.84 Å². The van der Waals surface area contributed by atoms with Crippen LogP contribution in [0.2, 0.25) is 0 Å². The number of nitrogens with zero attached hydrogens (tertiary/aromatic N) is 3. The Balaban J connectivity index is 2.00. The summed E-state index contributed by atoms with van der Waals surface area (Å²) < 4.78 is 3.82. The number of anilines is 1. The predicted molar refractivity (Wildman–Crippen MR) is 60.6 cm³/mol. The summed E-state index contributed by atoms with van der Waals surface area (Å²) in [6, 6.07) is 0. The first-order valence-electron chi connectivity index (χ1n) is 5.06. The van der Waals surface area contributed by atoms with Crippen molar-refractivity contribution in [3.63, 3.8) is 0 Å². The number of hydrogen-bond acceptors (Lipinski definition) is 7. The molecule has 1 fully saturated rings. The SMILES string of the molecule is NNc1snnc1CN1CCCNC(=O)C1. The first-order chi connectivity index (χ1) is 7.79. The summed E-state index contributed by atoms with van der Waals surface area (Å²) >= 11 is 1.22. The van der Waals surface area contributed by atoms with Gasteiger partial charge in [0, 0.05) is 31.2 Å². The van der Waals surface area contributed by atoms with Crippen LogP contribution in [0, 0.1) is 0 Å². The lowest BCUT2D eigenvalue weighted by Gasteiger charge is -2.17. The van der Waals surface area contributed by atoms with E-state index in [1.165, 1.54) is 11.5 Å². The molecular formula is C8H14N6OS. The fourth-order valence-electron chi connectivity index (χ4n) is 1.64. The standard InChI is InChI=1S/C8H14N6OS/c9-11-8-6(12-13-16-8)4-14-3-1-2-10-7(15)5-14/h11H,1-5,9H2,(H,10,15). The fraction of sp³-hybridized carbons (Fsp3) is 0.625. The number of amides is 1. The van der Waals surface area contributed by atoms with Crippen molar-refractivity contribution in [2.75, 3.05) is 25.1 Å². The molecule has 0 saturated carbocycles. The first kappa shape index (κ1) is 11.2. The predicted octanol–water partition coefficient (Wildman–Crippen LogP) is -0.854. The van der Waals surface area contributed by atoms with Crippen molar-refractivity contribution in [3.05, 3.63) is 5.69 Å². The van der Waals surface area contributed by atoms with Gasteiger partial charge in [-0.05, 0) is 6.42 Å². The second-order valence-electron chi connectivity index (χ2n) is 3.61. The number of hydrogen-bond donors (Lipinski definition) is 3. The molecular weight excluding hydrogens is 228 g/mol. The van der Waals surface area contributed by atoms with Gasteiger partial charge in [-0.25, -0.2) is 5.84 Å². The zero-order chi connectivity index (χ0) is 11.4. The lowest BCUT2D eigenvalue weighted by atomic mass is 10.3. The van der Waals surface area contributed by atoms with Crippen LogP contribution < -0.4 is 16.6 Å². The second kappa shape index (κ2) is 5.19. The quantitative estimate of drug-likeness (QED) is 0.472. The number of carbonyl (C=O) groups is 1. The molecule has 88 valence electrons. The van der Waals surface area contributed by atoms with Crippen molar-refractivity contribution >= 4 is 22.4 Å². The summed E-state index contributed by atoms with van der Waals surface area (Å²) in [5.41, 5.74) is 3.35. The van der Waals surface area contributed by atoms with E-state index in [1.807, 2.05) is 4.90 Å². The number of carbonyl (C=O) groups excluding carboxylic acids is 1. The van der Waals surface area contributed by atoms with E-state index >= 15 is 0 Å². The van der Waals surface area contributed by atoms with Crippen molar-refractivity contribution in [2.45, 2.75) is 13.0 Å². The van der Waals surface area contributed by atoms with Crippen molar-refractivity contribution < 1.29 is 4.79 Å². The Bertz CT molecular complexity index is 367. The van der Waals surface area contributed by atoms with Crippen molar-refractivity contribution in [1.82, 2.24) is 19.8 Å². The number of nitrogens with two attached hydrogens (primary N) is 1. The van der Waals surface area contributed by atoms with Gasteiger partial charge in [0.2, 0.25) is 5.91 Å². The topological polar surface area (TPSA) is 96.2 Å². The maximum Gasteiger partial charge on any atom is 0.234 e. The molecule has 1 amide bonds. The van der Waals surface area contributed by atoms with Crippen LogP contribution in [0.4, 0.5) is 5.00 Å². The van der Waals surface area contributed by atoms with E-state index < -0.39 is 0 Å². The Morgan fingerprint density at radius 3 is 3.31 bits per heavy atom. The molecule has 1 saturated heterocycles. The summed E-state index contributed by atoms with van der Waals surface area (Å²) in [6.07, 6.45) is 0.953. The monoisotopic (exact) mass is 242 g/mol. The molecule has 2 rings (SSSR count). The highest BCUT2D eigenvalue weighted by atomic mass is 32.1. The van der Waals surface area contributed by atoms with Gasteiger partial charge in [-0.2, -0.15) is 0 Å². The molecule has 8 heteroatoms. The third-order valence-electron chi connectivity index (χ3n) is 2.40. The van der Waals surface area contributed by atoms with E-state index in [0.717, 1.165) is 30.2 Å². The first-order valence-corrected chi connectivity index (χ1v) is 5.84. The van der Waals surface area contributed by atoms with Crippen molar-refractivity contribution in [1.29, 1.82) is 0 Å². The van der Waals surface area contributed by atoms with E-state index in [9.17, 15) is 4.79 Å². The molecule has 0 atom stereocenters. The Labute approximate surface area is 97.1 Å². The minimum Gasteiger partial charge on any atom is -0.355 e. The third-order valence-corrected chi connectivity index (χ3v) is 3.10. The number of hydrazine groups is 1.